The third-order valence-electron chi connectivity index (χ3n) is 3.71. The first-order chi connectivity index (χ1) is 12.3. The summed E-state index contributed by atoms with van der Waals surface area (Å²) in [4.78, 5) is 15.2. The lowest BCUT2D eigenvalue weighted by Crippen LogP contribution is -2.27. The summed E-state index contributed by atoms with van der Waals surface area (Å²) in [6, 6.07) is 6.05. The van der Waals surface area contributed by atoms with Crippen LogP contribution in [0.15, 0.2) is 42.9 Å². The molecule has 26 heavy (non-hydrogen) atoms. The number of aryl methyl sites for hydroxylation is 1. The SMILES string of the molecule is Cc1cnn(C/C=C/c2ccc3[nH]cc(NC(=O)OC(C)(C)C)c3c2)c1. The van der Waals surface area contributed by atoms with Crippen LogP contribution in [0.4, 0.5) is 10.5 Å². The summed E-state index contributed by atoms with van der Waals surface area (Å²) >= 11 is 0. The molecule has 0 aliphatic heterocycles. The minimum absolute atomic E-state index is 0.464. The van der Waals surface area contributed by atoms with Gasteiger partial charge in [-0.2, -0.15) is 5.10 Å². The summed E-state index contributed by atoms with van der Waals surface area (Å²) in [5, 5.41) is 8.00. The van der Waals surface area contributed by atoms with Crippen molar-refractivity contribution in [3.05, 3.63) is 54.0 Å². The van der Waals surface area contributed by atoms with Crippen LogP contribution in [-0.2, 0) is 11.3 Å². The molecule has 0 atom stereocenters. The van der Waals surface area contributed by atoms with Gasteiger partial charge in [0.05, 0.1) is 18.4 Å². The number of H-pyrrole nitrogens is 1. The van der Waals surface area contributed by atoms with Crippen molar-refractivity contribution in [1.29, 1.82) is 0 Å². The zero-order valence-corrected chi connectivity index (χ0v) is 15.5. The summed E-state index contributed by atoms with van der Waals surface area (Å²) in [6.07, 6.45) is 9.25. The zero-order chi connectivity index (χ0) is 18.7. The second-order valence-electron chi connectivity index (χ2n) is 7.28. The van der Waals surface area contributed by atoms with Gasteiger partial charge in [0, 0.05) is 23.3 Å². The van der Waals surface area contributed by atoms with Crippen molar-refractivity contribution in [2.75, 3.05) is 5.32 Å². The number of rotatable bonds is 4. The summed E-state index contributed by atoms with van der Waals surface area (Å²) in [5.74, 6) is 0. The number of allylic oxidation sites excluding steroid dienone is 1. The number of hydrogen-bond acceptors (Lipinski definition) is 3. The summed E-state index contributed by atoms with van der Waals surface area (Å²) in [5.41, 5.74) is 3.32. The Morgan fingerprint density at radius 3 is 2.88 bits per heavy atom. The van der Waals surface area contributed by atoms with E-state index in [-0.39, 0.29) is 0 Å². The lowest BCUT2D eigenvalue weighted by atomic mass is 10.1. The molecular weight excluding hydrogens is 328 g/mol. The number of carbonyl (C=O) groups is 1. The summed E-state index contributed by atoms with van der Waals surface area (Å²) < 4.78 is 7.20. The number of aromatic nitrogens is 3. The van der Waals surface area contributed by atoms with E-state index in [1.165, 1.54) is 0 Å². The molecule has 136 valence electrons. The first-order valence-corrected chi connectivity index (χ1v) is 8.57. The predicted molar refractivity (Wildman–Crippen MR) is 104 cm³/mol. The number of fused-ring (bicyclic) bond motifs is 1. The Kier molecular flexibility index (Phi) is 4.84. The van der Waals surface area contributed by atoms with Crippen LogP contribution < -0.4 is 5.32 Å². The minimum atomic E-state index is -0.533. The highest BCUT2D eigenvalue weighted by Gasteiger charge is 2.17. The molecule has 0 unspecified atom stereocenters. The average Bonchev–Trinajstić information content (AvgIpc) is 3.12. The second-order valence-corrected chi connectivity index (χ2v) is 7.28. The van der Waals surface area contributed by atoms with E-state index in [2.05, 4.69) is 21.5 Å². The van der Waals surface area contributed by atoms with E-state index in [0.717, 1.165) is 22.0 Å². The van der Waals surface area contributed by atoms with E-state index in [9.17, 15) is 4.79 Å². The largest absolute Gasteiger partial charge is 0.444 e. The van der Waals surface area contributed by atoms with Crippen molar-refractivity contribution < 1.29 is 9.53 Å². The van der Waals surface area contributed by atoms with Crippen LogP contribution in [0, 0.1) is 6.92 Å². The fraction of sp³-hybridized carbons (Fsp3) is 0.300. The normalized spacial score (nSPS) is 12.0. The van der Waals surface area contributed by atoms with Gasteiger partial charge in [0.25, 0.3) is 0 Å². The Morgan fingerprint density at radius 2 is 2.19 bits per heavy atom. The van der Waals surface area contributed by atoms with Crippen molar-refractivity contribution in [2.24, 2.45) is 0 Å². The van der Waals surface area contributed by atoms with Gasteiger partial charge in [0.15, 0.2) is 0 Å². The van der Waals surface area contributed by atoms with Gasteiger partial charge in [-0.05, 0) is 51.0 Å². The number of amides is 1. The molecular formula is C20H24N4O2. The fourth-order valence-electron chi connectivity index (χ4n) is 2.62. The maximum atomic E-state index is 12.0. The molecule has 0 aliphatic rings. The van der Waals surface area contributed by atoms with E-state index in [0.29, 0.717) is 12.2 Å². The van der Waals surface area contributed by atoms with Crippen LogP contribution in [-0.4, -0.2) is 26.5 Å². The number of benzene rings is 1. The monoisotopic (exact) mass is 352 g/mol. The minimum Gasteiger partial charge on any atom is -0.444 e. The van der Waals surface area contributed by atoms with E-state index < -0.39 is 11.7 Å². The number of nitrogens with one attached hydrogen (secondary N) is 2. The van der Waals surface area contributed by atoms with Gasteiger partial charge in [0.2, 0.25) is 0 Å². The third-order valence-corrected chi connectivity index (χ3v) is 3.71. The van der Waals surface area contributed by atoms with Crippen molar-refractivity contribution in [3.63, 3.8) is 0 Å². The molecule has 3 rings (SSSR count). The summed E-state index contributed by atoms with van der Waals surface area (Å²) in [6.45, 7) is 8.25. The van der Waals surface area contributed by atoms with Gasteiger partial charge in [-0.15, -0.1) is 0 Å². The Bertz CT molecular complexity index is 944. The van der Waals surface area contributed by atoms with Crippen LogP contribution in [0.2, 0.25) is 0 Å². The van der Waals surface area contributed by atoms with Crippen molar-refractivity contribution in [2.45, 2.75) is 39.8 Å². The highest BCUT2D eigenvalue weighted by atomic mass is 16.6. The Morgan fingerprint density at radius 1 is 1.38 bits per heavy atom. The fourth-order valence-corrected chi connectivity index (χ4v) is 2.62. The molecule has 6 nitrogen and oxygen atoms in total. The quantitative estimate of drug-likeness (QED) is 0.713. The van der Waals surface area contributed by atoms with Crippen LogP contribution >= 0.6 is 0 Å². The molecule has 0 saturated carbocycles. The third kappa shape index (κ3) is 4.53. The molecule has 0 bridgehead atoms. The first kappa shape index (κ1) is 17.8. The van der Waals surface area contributed by atoms with Crippen LogP contribution in [0.25, 0.3) is 17.0 Å². The maximum Gasteiger partial charge on any atom is 0.412 e. The molecule has 0 saturated heterocycles. The summed E-state index contributed by atoms with van der Waals surface area (Å²) in [7, 11) is 0. The highest BCUT2D eigenvalue weighted by Crippen LogP contribution is 2.25. The maximum absolute atomic E-state index is 12.0. The molecule has 1 amide bonds. The van der Waals surface area contributed by atoms with Gasteiger partial charge >= 0.3 is 6.09 Å². The molecule has 2 N–H and O–H groups in total. The number of carbonyl (C=O) groups excluding carboxylic acids is 1. The molecule has 1 aromatic carbocycles. The van der Waals surface area contributed by atoms with Crippen molar-refractivity contribution in [1.82, 2.24) is 14.8 Å². The smallest absolute Gasteiger partial charge is 0.412 e. The molecule has 6 heteroatoms. The topological polar surface area (TPSA) is 71.9 Å². The van der Waals surface area contributed by atoms with Crippen LogP contribution in [0.3, 0.4) is 0 Å². The Labute approximate surface area is 152 Å². The van der Waals surface area contributed by atoms with Gasteiger partial charge in [-0.25, -0.2) is 4.79 Å². The Balaban J connectivity index is 1.74. The van der Waals surface area contributed by atoms with Crippen LogP contribution in [0.1, 0.15) is 31.9 Å². The molecule has 0 radical (unpaired) electrons. The zero-order valence-electron chi connectivity index (χ0n) is 15.5. The number of anilines is 1. The number of ether oxygens (including phenoxy) is 1. The molecule has 0 aliphatic carbocycles. The average molecular weight is 352 g/mol. The van der Waals surface area contributed by atoms with Gasteiger partial charge in [-0.3, -0.25) is 10.00 Å². The number of aromatic amines is 1. The van der Waals surface area contributed by atoms with E-state index in [1.54, 1.807) is 6.20 Å². The molecule has 0 spiro atoms. The van der Waals surface area contributed by atoms with E-state index in [4.69, 9.17) is 4.74 Å². The van der Waals surface area contributed by atoms with E-state index in [1.807, 2.05) is 69.0 Å². The van der Waals surface area contributed by atoms with Gasteiger partial charge in [0.1, 0.15) is 5.60 Å². The highest BCUT2D eigenvalue weighted by molar-refractivity contribution is 6.00. The number of hydrogen-bond donors (Lipinski definition) is 2. The molecule has 0 fully saturated rings. The second kappa shape index (κ2) is 7.07. The van der Waals surface area contributed by atoms with Gasteiger partial charge < -0.3 is 9.72 Å². The van der Waals surface area contributed by atoms with Crippen molar-refractivity contribution in [3.8, 4) is 0 Å². The predicted octanol–water partition coefficient (Wildman–Crippen LogP) is 4.73. The van der Waals surface area contributed by atoms with Crippen molar-refractivity contribution >= 4 is 28.8 Å². The lowest BCUT2D eigenvalue weighted by Gasteiger charge is -2.19. The molecule has 3 aromatic rings. The molecule has 2 heterocycles. The standard InChI is InChI=1S/C20H24N4O2/c1-14-11-22-24(13-14)9-5-6-15-7-8-17-16(10-15)18(12-21-17)23-19(25)26-20(2,3)4/h5-8,10-13,21H,9H2,1-4H3,(H,23,25)/b6-5+. The van der Waals surface area contributed by atoms with Crippen LogP contribution in [0.5, 0.6) is 0 Å². The van der Waals surface area contributed by atoms with E-state index >= 15 is 0 Å². The number of nitrogens with zero attached hydrogens (tertiary/aromatic N) is 2. The molecule has 2 aromatic heterocycles. The first-order valence-electron chi connectivity index (χ1n) is 8.57. The van der Waals surface area contributed by atoms with Gasteiger partial charge in [-0.1, -0.05) is 18.2 Å². The lowest BCUT2D eigenvalue weighted by molar-refractivity contribution is 0.0636. The Hall–Kier alpha value is -3.02.